The van der Waals surface area contributed by atoms with Gasteiger partial charge in [0.25, 0.3) is 11.5 Å². The van der Waals surface area contributed by atoms with Crippen LogP contribution in [0.3, 0.4) is 0 Å². The summed E-state index contributed by atoms with van der Waals surface area (Å²) in [5.41, 5.74) is 0.691. The Labute approximate surface area is 196 Å². The number of benzene rings is 2. The van der Waals surface area contributed by atoms with Crippen molar-refractivity contribution in [1.29, 1.82) is 0 Å². The Morgan fingerprint density at radius 2 is 1.70 bits per heavy atom. The molecule has 4 aromatic rings. The molecule has 2 aromatic carbocycles. The topological polar surface area (TPSA) is 67.2 Å². The molecule has 0 radical (unpaired) electrons. The van der Waals surface area contributed by atoms with Crippen molar-refractivity contribution < 1.29 is 4.79 Å². The second-order valence-electron chi connectivity index (χ2n) is 8.46. The van der Waals surface area contributed by atoms with Crippen molar-refractivity contribution in [2.75, 3.05) is 19.6 Å². The van der Waals surface area contributed by atoms with Crippen molar-refractivity contribution in [2.24, 2.45) is 5.92 Å². The molecule has 1 N–H and O–H groups in total. The molecular weight excluding hydrogens is 432 g/mol. The number of hydrogen-bond donors (Lipinski definition) is 1. The van der Waals surface area contributed by atoms with Gasteiger partial charge in [0.2, 0.25) is 0 Å². The van der Waals surface area contributed by atoms with E-state index < -0.39 is 0 Å². The van der Waals surface area contributed by atoms with E-state index in [1.165, 1.54) is 9.56 Å². The number of nitrogens with one attached hydrogen (secondary N) is 1. The summed E-state index contributed by atoms with van der Waals surface area (Å²) in [6, 6.07) is 20.7. The molecule has 168 valence electrons. The highest BCUT2D eigenvalue weighted by Crippen LogP contribution is 2.21. The third-order valence-electron chi connectivity index (χ3n) is 6.24. The van der Waals surface area contributed by atoms with Gasteiger partial charge in [0, 0.05) is 23.4 Å². The smallest absolute Gasteiger partial charge is 0.279 e. The zero-order valence-electron chi connectivity index (χ0n) is 18.3. The highest BCUT2D eigenvalue weighted by Gasteiger charge is 2.22. The molecule has 0 aliphatic carbocycles. The summed E-state index contributed by atoms with van der Waals surface area (Å²) < 4.78 is 1.32. The fraction of sp³-hybridized carbons (Fsp3) is 0.269. The minimum atomic E-state index is -0.239. The summed E-state index contributed by atoms with van der Waals surface area (Å²) >= 11 is 1.80. The maximum Gasteiger partial charge on any atom is 0.279 e. The molecule has 7 heteroatoms. The van der Waals surface area contributed by atoms with Crippen molar-refractivity contribution in [1.82, 2.24) is 20.0 Å². The van der Waals surface area contributed by atoms with Crippen LogP contribution in [0.25, 0.3) is 16.5 Å². The number of piperidine rings is 1. The van der Waals surface area contributed by atoms with Gasteiger partial charge in [-0.1, -0.05) is 42.5 Å². The van der Waals surface area contributed by atoms with Crippen LogP contribution in [0.4, 0.5) is 0 Å². The summed E-state index contributed by atoms with van der Waals surface area (Å²) in [5.74, 6) is 0.205. The zero-order valence-corrected chi connectivity index (χ0v) is 19.1. The summed E-state index contributed by atoms with van der Waals surface area (Å²) in [5, 5.41) is 10.8. The van der Waals surface area contributed by atoms with Crippen LogP contribution in [-0.2, 0) is 6.54 Å². The third kappa shape index (κ3) is 4.74. The highest BCUT2D eigenvalue weighted by molar-refractivity contribution is 7.09. The SMILES string of the molecule is O=C(NCC1CCN(Cc2cccs2)CC1)c1nn(-c2ccccc2)c(=O)c2ccccc12. The summed E-state index contributed by atoms with van der Waals surface area (Å²) in [7, 11) is 0. The lowest BCUT2D eigenvalue weighted by molar-refractivity contribution is 0.0930. The van der Waals surface area contributed by atoms with E-state index in [0.29, 0.717) is 28.9 Å². The van der Waals surface area contributed by atoms with Crippen LogP contribution < -0.4 is 10.9 Å². The van der Waals surface area contributed by atoms with E-state index in [1.54, 1.807) is 23.5 Å². The van der Waals surface area contributed by atoms with Crippen LogP contribution in [0.2, 0.25) is 0 Å². The number of para-hydroxylation sites is 1. The van der Waals surface area contributed by atoms with Crippen molar-refractivity contribution in [3.8, 4) is 5.69 Å². The Kier molecular flexibility index (Phi) is 6.32. The number of likely N-dealkylation sites (tertiary alicyclic amines) is 1. The minimum absolute atomic E-state index is 0.230. The number of nitrogens with zero attached hydrogens (tertiary/aromatic N) is 3. The number of amides is 1. The molecule has 1 fully saturated rings. The first kappa shape index (κ1) is 21.6. The van der Waals surface area contributed by atoms with Crippen molar-refractivity contribution in [3.63, 3.8) is 0 Å². The van der Waals surface area contributed by atoms with Gasteiger partial charge in [0.15, 0.2) is 5.69 Å². The quantitative estimate of drug-likeness (QED) is 0.473. The summed E-state index contributed by atoms with van der Waals surface area (Å²) in [6.07, 6.45) is 2.12. The van der Waals surface area contributed by atoms with Gasteiger partial charge < -0.3 is 5.32 Å². The summed E-state index contributed by atoms with van der Waals surface area (Å²) in [4.78, 5) is 30.1. The molecule has 1 saturated heterocycles. The van der Waals surface area contributed by atoms with E-state index in [1.807, 2.05) is 42.5 Å². The second-order valence-corrected chi connectivity index (χ2v) is 9.49. The molecule has 0 saturated carbocycles. The van der Waals surface area contributed by atoms with Crippen molar-refractivity contribution >= 4 is 28.0 Å². The largest absolute Gasteiger partial charge is 0.350 e. The van der Waals surface area contributed by atoms with Gasteiger partial charge in [-0.15, -0.1) is 11.3 Å². The first-order chi connectivity index (χ1) is 16.2. The molecule has 33 heavy (non-hydrogen) atoms. The van der Waals surface area contributed by atoms with E-state index in [0.717, 1.165) is 32.5 Å². The van der Waals surface area contributed by atoms with Crippen molar-refractivity contribution in [2.45, 2.75) is 19.4 Å². The van der Waals surface area contributed by atoms with Crippen LogP contribution in [0, 0.1) is 5.92 Å². The number of hydrogen-bond acceptors (Lipinski definition) is 5. The lowest BCUT2D eigenvalue weighted by Crippen LogP contribution is -2.38. The Bertz CT molecular complexity index is 1290. The number of fused-ring (bicyclic) bond motifs is 1. The predicted molar refractivity (Wildman–Crippen MR) is 132 cm³/mol. The molecule has 1 aliphatic heterocycles. The Morgan fingerprint density at radius 1 is 0.970 bits per heavy atom. The van der Waals surface area contributed by atoms with Crippen LogP contribution in [-0.4, -0.2) is 40.2 Å². The number of aromatic nitrogens is 2. The monoisotopic (exact) mass is 458 g/mol. The molecule has 2 aromatic heterocycles. The van der Waals surface area contributed by atoms with Gasteiger partial charge in [-0.2, -0.15) is 9.78 Å². The molecule has 1 amide bonds. The fourth-order valence-corrected chi connectivity index (χ4v) is 5.14. The molecular formula is C26H26N4O2S. The lowest BCUT2D eigenvalue weighted by Gasteiger charge is -2.31. The van der Waals surface area contributed by atoms with Crippen LogP contribution in [0.5, 0.6) is 0 Å². The molecule has 0 unspecified atom stereocenters. The average molecular weight is 459 g/mol. The van der Waals surface area contributed by atoms with Crippen LogP contribution in [0.15, 0.2) is 76.9 Å². The molecule has 1 aliphatic rings. The highest BCUT2D eigenvalue weighted by atomic mass is 32.1. The number of thiophene rings is 1. The van der Waals surface area contributed by atoms with E-state index in [-0.39, 0.29) is 17.2 Å². The molecule has 0 spiro atoms. The van der Waals surface area contributed by atoms with Gasteiger partial charge in [-0.25, -0.2) is 0 Å². The normalized spacial score (nSPS) is 15.0. The second kappa shape index (κ2) is 9.68. The maximum atomic E-state index is 13.2. The first-order valence-electron chi connectivity index (χ1n) is 11.3. The lowest BCUT2D eigenvalue weighted by atomic mass is 9.96. The zero-order chi connectivity index (χ0) is 22.6. The predicted octanol–water partition coefficient (Wildman–Crippen LogP) is 4.09. The van der Waals surface area contributed by atoms with Gasteiger partial charge in [-0.3, -0.25) is 14.5 Å². The van der Waals surface area contributed by atoms with Gasteiger partial charge in [0.05, 0.1) is 11.1 Å². The van der Waals surface area contributed by atoms with E-state index in [9.17, 15) is 9.59 Å². The average Bonchev–Trinajstić information content (AvgIpc) is 3.37. The summed E-state index contributed by atoms with van der Waals surface area (Å²) in [6.45, 7) is 3.71. The molecule has 0 bridgehead atoms. The van der Waals surface area contributed by atoms with Crippen molar-refractivity contribution in [3.05, 3.63) is 93.0 Å². The van der Waals surface area contributed by atoms with E-state index >= 15 is 0 Å². The number of rotatable bonds is 6. The Balaban J connectivity index is 1.30. The molecule has 5 rings (SSSR count). The minimum Gasteiger partial charge on any atom is -0.350 e. The van der Waals surface area contributed by atoms with Gasteiger partial charge in [-0.05, 0) is 61.5 Å². The Morgan fingerprint density at radius 3 is 2.42 bits per heavy atom. The molecule has 0 atom stereocenters. The molecule has 6 nitrogen and oxygen atoms in total. The maximum absolute atomic E-state index is 13.2. The number of carbonyl (C=O) groups excluding carboxylic acids is 1. The van der Waals surface area contributed by atoms with Crippen LogP contribution in [0.1, 0.15) is 28.2 Å². The van der Waals surface area contributed by atoms with Gasteiger partial charge >= 0.3 is 0 Å². The fourth-order valence-electron chi connectivity index (χ4n) is 4.39. The number of carbonyl (C=O) groups is 1. The van der Waals surface area contributed by atoms with E-state index in [4.69, 9.17) is 0 Å². The third-order valence-corrected chi connectivity index (χ3v) is 7.10. The van der Waals surface area contributed by atoms with Crippen LogP contribution >= 0.6 is 11.3 Å². The van der Waals surface area contributed by atoms with Gasteiger partial charge in [0.1, 0.15) is 0 Å². The van der Waals surface area contributed by atoms with E-state index in [2.05, 4.69) is 32.8 Å². The Hall–Kier alpha value is -3.29. The standard InChI is InChI=1S/C26H26N4O2S/c31-25(27-17-19-12-14-29(15-13-19)18-21-9-6-16-33-21)24-22-10-4-5-11-23(22)26(32)30(28-24)20-7-2-1-3-8-20/h1-11,16,19H,12-15,17-18H2,(H,27,31). The molecule has 3 heterocycles. The first-order valence-corrected chi connectivity index (χ1v) is 12.2.